The molecule has 4 heterocycles. The predicted molar refractivity (Wildman–Crippen MR) is 105 cm³/mol. The van der Waals surface area contributed by atoms with Crippen molar-refractivity contribution in [1.29, 1.82) is 0 Å². The topological polar surface area (TPSA) is 84.3 Å². The Balaban J connectivity index is 1.91. The number of imidazole rings is 1. The van der Waals surface area contributed by atoms with E-state index in [9.17, 15) is 4.79 Å². The lowest BCUT2D eigenvalue weighted by atomic mass is 10.4. The minimum absolute atomic E-state index is 0.247. The van der Waals surface area contributed by atoms with Crippen LogP contribution < -0.4 is 14.5 Å². The van der Waals surface area contributed by atoms with Crippen molar-refractivity contribution in [1.82, 2.24) is 23.6 Å². The standard InChI is InChI=1S/C18H19N5O4S/c1-4-25-13-6-7-15-19-16(18(22(15)11-13)27-28-26-5-2)21-8-9-23-14(17(21)24)10-12(3)20-23/h6-11H,4-5H2,1-3H3. The van der Waals surface area contributed by atoms with Gasteiger partial charge in [0, 0.05) is 12.4 Å². The third-order valence-electron chi connectivity index (χ3n) is 4.00. The summed E-state index contributed by atoms with van der Waals surface area (Å²) in [4.78, 5) is 17.6. The third kappa shape index (κ3) is 3.20. The second kappa shape index (κ2) is 7.56. The molecule has 10 heteroatoms. The zero-order chi connectivity index (χ0) is 19.7. The first-order valence-electron chi connectivity index (χ1n) is 8.81. The SMILES string of the molecule is CCOSOc1c(-n2ccn3nc(C)cc3c2=O)nc2ccc(OCC)cn12. The summed E-state index contributed by atoms with van der Waals surface area (Å²) >= 11 is 0.833. The van der Waals surface area contributed by atoms with Gasteiger partial charge >= 0.3 is 0 Å². The minimum Gasteiger partial charge on any atom is -0.492 e. The number of nitrogens with zero attached hydrogens (tertiary/aromatic N) is 5. The molecule has 0 unspecified atom stereocenters. The number of aryl methyl sites for hydroxylation is 1. The molecular formula is C18H19N5O4S. The van der Waals surface area contributed by atoms with E-state index in [1.165, 1.54) is 4.57 Å². The van der Waals surface area contributed by atoms with Crippen LogP contribution in [0, 0.1) is 6.92 Å². The molecule has 0 radical (unpaired) electrons. The van der Waals surface area contributed by atoms with Crippen LogP contribution in [0.15, 0.2) is 41.6 Å². The molecule has 4 rings (SSSR count). The van der Waals surface area contributed by atoms with Crippen LogP contribution in [0.25, 0.3) is 17.0 Å². The minimum atomic E-state index is -0.247. The largest absolute Gasteiger partial charge is 0.492 e. The molecule has 0 atom stereocenters. The van der Waals surface area contributed by atoms with Gasteiger partial charge in [-0.1, -0.05) is 0 Å². The first-order valence-corrected chi connectivity index (χ1v) is 9.48. The van der Waals surface area contributed by atoms with E-state index in [4.69, 9.17) is 13.1 Å². The van der Waals surface area contributed by atoms with Gasteiger partial charge in [0.1, 0.15) is 16.9 Å². The van der Waals surface area contributed by atoms with Crippen LogP contribution in [-0.2, 0) is 4.18 Å². The zero-order valence-electron chi connectivity index (χ0n) is 15.7. The van der Waals surface area contributed by atoms with Crippen LogP contribution in [0.4, 0.5) is 0 Å². The third-order valence-corrected chi connectivity index (χ3v) is 4.56. The molecule has 0 aromatic carbocycles. The van der Waals surface area contributed by atoms with Gasteiger partial charge in [-0.2, -0.15) is 5.10 Å². The lowest BCUT2D eigenvalue weighted by Crippen LogP contribution is -2.20. The van der Waals surface area contributed by atoms with Crippen LogP contribution in [-0.4, -0.2) is 36.8 Å². The summed E-state index contributed by atoms with van der Waals surface area (Å²) in [5.74, 6) is 1.38. The molecule has 4 aromatic heterocycles. The smallest absolute Gasteiger partial charge is 0.282 e. The van der Waals surface area contributed by atoms with Crippen molar-refractivity contribution in [2.24, 2.45) is 0 Å². The monoisotopic (exact) mass is 401 g/mol. The van der Waals surface area contributed by atoms with E-state index in [0.717, 1.165) is 18.0 Å². The quantitative estimate of drug-likeness (QED) is 0.348. The Labute approximate surface area is 164 Å². The maximum atomic E-state index is 13.0. The summed E-state index contributed by atoms with van der Waals surface area (Å²) in [6, 6.07) is 5.36. The van der Waals surface area contributed by atoms with Crippen molar-refractivity contribution in [3.8, 4) is 17.4 Å². The highest BCUT2D eigenvalue weighted by Gasteiger charge is 2.19. The molecule has 0 fully saturated rings. The van der Waals surface area contributed by atoms with Crippen LogP contribution in [0.3, 0.4) is 0 Å². The van der Waals surface area contributed by atoms with Crippen molar-refractivity contribution in [2.75, 3.05) is 13.2 Å². The van der Waals surface area contributed by atoms with E-state index in [1.807, 2.05) is 26.8 Å². The van der Waals surface area contributed by atoms with Gasteiger partial charge in [0.25, 0.3) is 11.4 Å². The highest BCUT2D eigenvalue weighted by Crippen LogP contribution is 2.29. The number of ether oxygens (including phenoxy) is 1. The summed E-state index contributed by atoms with van der Waals surface area (Å²) in [6.45, 7) is 6.62. The summed E-state index contributed by atoms with van der Waals surface area (Å²) in [6.07, 6.45) is 5.09. The maximum Gasteiger partial charge on any atom is 0.282 e. The van der Waals surface area contributed by atoms with Crippen molar-refractivity contribution in [3.05, 3.63) is 52.8 Å². The molecular weight excluding hydrogens is 382 g/mol. The van der Waals surface area contributed by atoms with Crippen molar-refractivity contribution >= 4 is 23.5 Å². The molecule has 4 aromatic rings. The molecule has 0 aliphatic rings. The molecule has 0 N–H and O–H groups in total. The van der Waals surface area contributed by atoms with Crippen molar-refractivity contribution < 1.29 is 13.1 Å². The summed E-state index contributed by atoms with van der Waals surface area (Å²) in [5, 5.41) is 4.27. The van der Waals surface area contributed by atoms with Gasteiger partial charge in [-0.25, -0.2) is 9.50 Å². The maximum absolute atomic E-state index is 13.0. The van der Waals surface area contributed by atoms with E-state index in [2.05, 4.69) is 10.1 Å². The van der Waals surface area contributed by atoms with Crippen molar-refractivity contribution in [2.45, 2.75) is 20.8 Å². The fourth-order valence-electron chi connectivity index (χ4n) is 2.86. The van der Waals surface area contributed by atoms with Crippen LogP contribution in [0.2, 0.25) is 0 Å². The number of fused-ring (bicyclic) bond motifs is 2. The van der Waals surface area contributed by atoms with Crippen molar-refractivity contribution in [3.63, 3.8) is 0 Å². The summed E-state index contributed by atoms with van der Waals surface area (Å²) < 4.78 is 21.3. The second-order valence-electron chi connectivity index (χ2n) is 5.91. The van der Waals surface area contributed by atoms with E-state index in [1.54, 1.807) is 39.6 Å². The van der Waals surface area contributed by atoms with Crippen LogP contribution >= 0.6 is 12.3 Å². The predicted octanol–water partition coefficient (Wildman–Crippen LogP) is 2.82. The molecule has 146 valence electrons. The Morgan fingerprint density at radius 2 is 2.04 bits per heavy atom. The molecule has 0 saturated heterocycles. The lowest BCUT2D eigenvalue weighted by molar-refractivity contribution is 0.337. The number of pyridine rings is 1. The molecule has 0 amide bonds. The molecule has 0 aliphatic heterocycles. The fraction of sp³-hybridized carbons (Fsp3) is 0.278. The van der Waals surface area contributed by atoms with E-state index in [0.29, 0.717) is 41.8 Å². The van der Waals surface area contributed by atoms with Crippen LogP contribution in [0.5, 0.6) is 11.6 Å². The number of rotatable bonds is 7. The Bertz CT molecular complexity index is 1200. The molecule has 0 aliphatic carbocycles. The van der Waals surface area contributed by atoms with E-state index < -0.39 is 0 Å². The molecule has 0 bridgehead atoms. The Morgan fingerprint density at radius 1 is 1.18 bits per heavy atom. The Kier molecular flexibility index (Phi) is 4.97. The molecule has 9 nitrogen and oxygen atoms in total. The fourth-order valence-corrected chi connectivity index (χ4v) is 3.22. The van der Waals surface area contributed by atoms with Gasteiger partial charge < -0.3 is 8.92 Å². The first-order chi connectivity index (χ1) is 13.6. The first kappa shape index (κ1) is 18.4. The van der Waals surface area contributed by atoms with Gasteiger partial charge in [-0.3, -0.25) is 17.9 Å². The van der Waals surface area contributed by atoms with E-state index in [-0.39, 0.29) is 5.56 Å². The highest BCUT2D eigenvalue weighted by molar-refractivity contribution is 7.90. The van der Waals surface area contributed by atoms with Gasteiger partial charge in [0.15, 0.2) is 0 Å². The summed E-state index contributed by atoms with van der Waals surface area (Å²) in [7, 11) is 0. The zero-order valence-corrected chi connectivity index (χ0v) is 16.5. The molecule has 0 saturated carbocycles. The average molecular weight is 401 g/mol. The number of hydrogen-bond acceptors (Lipinski definition) is 7. The van der Waals surface area contributed by atoms with Gasteiger partial charge in [-0.05, 0) is 39.0 Å². The van der Waals surface area contributed by atoms with Gasteiger partial charge in [0.05, 0.1) is 25.1 Å². The highest BCUT2D eigenvalue weighted by atomic mass is 32.2. The Morgan fingerprint density at radius 3 is 2.82 bits per heavy atom. The van der Waals surface area contributed by atoms with Crippen LogP contribution in [0.1, 0.15) is 19.5 Å². The van der Waals surface area contributed by atoms with Gasteiger partial charge in [0.2, 0.25) is 18.1 Å². The van der Waals surface area contributed by atoms with Gasteiger partial charge in [-0.15, -0.1) is 0 Å². The molecule has 0 spiro atoms. The van der Waals surface area contributed by atoms with E-state index >= 15 is 0 Å². The average Bonchev–Trinajstić information content (AvgIpc) is 3.23. The number of aromatic nitrogens is 5. The normalized spacial score (nSPS) is 11.4. The summed E-state index contributed by atoms with van der Waals surface area (Å²) in [5.41, 5.74) is 1.58. The lowest BCUT2D eigenvalue weighted by Gasteiger charge is -2.08. The second-order valence-corrected chi connectivity index (χ2v) is 6.45. The number of hydrogen-bond donors (Lipinski definition) is 0. The molecule has 28 heavy (non-hydrogen) atoms. The Hall–Kier alpha value is -2.98.